The van der Waals surface area contributed by atoms with Crippen molar-refractivity contribution in [2.75, 3.05) is 13.1 Å². The normalized spacial score (nSPS) is 11.1. The number of hydrogen-bond donors (Lipinski definition) is 1. The molecule has 0 aliphatic rings. The summed E-state index contributed by atoms with van der Waals surface area (Å²) in [6.07, 6.45) is 3.35. The van der Waals surface area contributed by atoms with E-state index in [0.29, 0.717) is 0 Å². The lowest BCUT2D eigenvalue weighted by Crippen LogP contribution is -2.20. The molecule has 0 amide bonds. The second kappa shape index (κ2) is 5.51. The molecule has 0 radical (unpaired) electrons. The van der Waals surface area contributed by atoms with Gasteiger partial charge < -0.3 is 9.88 Å². The number of halogens is 1. The number of aromatic nitrogens is 1. The Bertz CT molecular complexity index is 462. The van der Waals surface area contributed by atoms with E-state index in [1.165, 1.54) is 17.3 Å². The smallest absolute Gasteiger partial charge is 0.0481 e. The summed E-state index contributed by atoms with van der Waals surface area (Å²) in [4.78, 5) is 0. The van der Waals surface area contributed by atoms with E-state index in [2.05, 4.69) is 63.2 Å². The van der Waals surface area contributed by atoms with Gasteiger partial charge >= 0.3 is 0 Å². The fourth-order valence-corrected chi connectivity index (χ4v) is 2.25. The Balaban J connectivity index is 2.07. The second-order valence-electron chi connectivity index (χ2n) is 3.96. The van der Waals surface area contributed by atoms with E-state index in [1.54, 1.807) is 0 Å². The third-order valence-corrected chi connectivity index (χ3v) is 3.18. The summed E-state index contributed by atoms with van der Waals surface area (Å²) in [5.74, 6) is 0. The minimum atomic E-state index is 1.03. The van der Waals surface area contributed by atoms with Crippen LogP contribution >= 0.6 is 15.9 Å². The molecule has 2 nitrogen and oxygen atoms in total. The predicted molar refractivity (Wildman–Crippen MR) is 72.8 cm³/mol. The van der Waals surface area contributed by atoms with Crippen LogP contribution in [0.15, 0.2) is 34.9 Å². The van der Waals surface area contributed by atoms with Gasteiger partial charge in [0.05, 0.1) is 0 Å². The number of fused-ring (bicyclic) bond motifs is 1. The average molecular weight is 281 g/mol. The van der Waals surface area contributed by atoms with Crippen LogP contribution in [0.3, 0.4) is 0 Å². The SMILES string of the molecule is CCCNCCn1ccc2cc(Br)ccc21. The molecular formula is C13H17BrN2. The van der Waals surface area contributed by atoms with Gasteiger partial charge in [-0.3, -0.25) is 0 Å². The monoisotopic (exact) mass is 280 g/mol. The quantitative estimate of drug-likeness (QED) is 0.831. The Kier molecular flexibility index (Phi) is 4.02. The number of nitrogens with one attached hydrogen (secondary N) is 1. The largest absolute Gasteiger partial charge is 0.346 e. The molecule has 1 aromatic heterocycles. The Morgan fingerprint density at radius 2 is 2.12 bits per heavy atom. The highest BCUT2D eigenvalue weighted by atomic mass is 79.9. The van der Waals surface area contributed by atoms with Crippen LogP contribution in [0.5, 0.6) is 0 Å². The third-order valence-electron chi connectivity index (χ3n) is 2.69. The van der Waals surface area contributed by atoms with Crippen molar-refractivity contribution in [1.29, 1.82) is 0 Å². The zero-order valence-corrected chi connectivity index (χ0v) is 11.1. The molecule has 86 valence electrons. The standard InChI is InChI=1S/C13H17BrN2/c1-2-6-15-7-9-16-8-5-11-10-12(14)3-4-13(11)16/h3-5,8,10,15H,2,6-7,9H2,1H3. The highest BCUT2D eigenvalue weighted by Gasteiger charge is 2.00. The number of hydrogen-bond acceptors (Lipinski definition) is 1. The molecule has 0 bridgehead atoms. The second-order valence-corrected chi connectivity index (χ2v) is 4.88. The first-order chi connectivity index (χ1) is 7.81. The van der Waals surface area contributed by atoms with Gasteiger partial charge in [0.15, 0.2) is 0 Å². The Morgan fingerprint density at radius 1 is 1.25 bits per heavy atom. The van der Waals surface area contributed by atoms with Crippen LogP contribution in [0.25, 0.3) is 10.9 Å². The van der Waals surface area contributed by atoms with Gasteiger partial charge in [-0.2, -0.15) is 0 Å². The van der Waals surface area contributed by atoms with Crippen LogP contribution in [0, 0.1) is 0 Å². The van der Waals surface area contributed by atoms with Crippen molar-refractivity contribution in [3.05, 3.63) is 34.9 Å². The van der Waals surface area contributed by atoms with Crippen molar-refractivity contribution < 1.29 is 0 Å². The average Bonchev–Trinajstić information content (AvgIpc) is 2.67. The molecule has 1 N–H and O–H groups in total. The van der Waals surface area contributed by atoms with Crippen LogP contribution in [-0.4, -0.2) is 17.7 Å². The van der Waals surface area contributed by atoms with Crippen LogP contribution in [-0.2, 0) is 6.54 Å². The number of rotatable bonds is 5. The molecule has 0 aliphatic heterocycles. The Hall–Kier alpha value is -0.800. The van der Waals surface area contributed by atoms with Crippen LogP contribution in [0.4, 0.5) is 0 Å². The first kappa shape index (κ1) is 11.7. The first-order valence-corrected chi connectivity index (χ1v) is 6.55. The molecule has 3 heteroatoms. The van der Waals surface area contributed by atoms with Crippen molar-refractivity contribution in [1.82, 2.24) is 9.88 Å². The molecule has 0 saturated heterocycles. The summed E-state index contributed by atoms with van der Waals surface area (Å²) in [7, 11) is 0. The zero-order valence-electron chi connectivity index (χ0n) is 9.54. The minimum absolute atomic E-state index is 1.03. The van der Waals surface area contributed by atoms with Crippen LogP contribution in [0.1, 0.15) is 13.3 Å². The van der Waals surface area contributed by atoms with E-state index in [9.17, 15) is 0 Å². The fraction of sp³-hybridized carbons (Fsp3) is 0.385. The van der Waals surface area contributed by atoms with Crippen LogP contribution < -0.4 is 5.32 Å². The first-order valence-electron chi connectivity index (χ1n) is 5.76. The van der Waals surface area contributed by atoms with E-state index < -0.39 is 0 Å². The molecule has 2 rings (SSSR count). The summed E-state index contributed by atoms with van der Waals surface area (Å²) in [5.41, 5.74) is 1.31. The van der Waals surface area contributed by atoms with E-state index in [-0.39, 0.29) is 0 Å². The number of nitrogens with zero attached hydrogens (tertiary/aromatic N) is 1. The lowest BCUT2D eigenvalue weighted by Gasteiger charge is -2.06. The van der Waals surface area contributed by atoms with Gasteiger partial charge in [-0.1, -0.05) is 22.9 Å². The molecule has 16 heavy (non-hydrogen) atoms. The highest BCUT2D eigenvalue weighted by Crippen LogP contribution is 2.20. The van der Waals surface area contributed by atoms with Crippen molar-refractivity contribution in [3.8, 4) is 0 Å². The lowest BCUT2D eigenvalue weighted by molar-refractivity contribution is 0.604. The molecule has 0 spiro atoms. The van der Waals surface area contributed by atoms with Gasteiger partial charge in [0, 0.05) is 34.7 Å². The summed E-state index contributed by atoms with van der Waals surface area (Å²) < 4.78 is 3.44. The van der Waals surface area contributed by atoms with E-state index in [0.717, 1.165) is 24.1 Å². The van der Waals surface area contributed by atoms with E-state index in [4.69, 9.17) is 0 Å². The molecule has 0 aliphatic carbocycles. The van der Waals surface area contributed by atoms with Gasteiger partial charge in [0.25, 0.3) is 0 Å². The van der Waals surface area contributed by atoms with Crippen molar-refractivity contribution in [2.24, 2.45) is 0 Å². The van der Waals surface area contributed by atoms with E-state index in [1.807, 2.05) is 0 Å². The maximum absolute atomic E-state index is 3.49. The van der Waals surface area contributed by atoms with E-state index >= 15 is 0 Å². The Labute approximate surface area is 105 Å². The maximum atomic E-state index is 3.49. The van der Waals surface area contributed by atoms with Crippen LogP contribution in [0.2, 0.25) is 0 Å². The van der Waals surface area contributed by atoms with Crippen molar-refractivity contribution in [2.45, 2.75) is 19.9 Å². The van der Waals surface area contributed by atoms with Gasteiger partial charge in [-0.25, -0.2) is 0 Å². The molecule has 0 unspecified atom stereocenters. The third kappa shape index (κ3) is 2.66. The summed E-state index contributed by atoms with van der Waals surface area (Å²) in [6, 6.07) is 8.59. The van der Waals surface area contributed by atoms with Gasteiger partial charge in [-0.05, 0) is 37.2 Å². The topological polar surface area (TPSA) is 17.0 Å². The molecule has 2 aromatic rings. The van der Waals surface area contributed by atoms with Gasteiger partial charge in [-0.15, -0.1) is 0 Å². The predicted octanol–water partition coefficient (Wildman–Crippen LogP) is 3.40. The fourth-order valence-electron chi connectivity index (χ4n) is 1.87. The Morgan fingerprint density at radius 3 is 2.94 bits per heavy atom. The summed E-state index contributed by atoms with van der Waals surface area (Å²) >= 11 is 3.49. The molecule has 1 aromatic carbocycles. The molecule has 0 fully saturated rings. The lowest BCUT2D eigenvalue weighted by atomic mass is 10.2. The van der Waals surface area contributed by atoms with Gasteiger partial charge in [0.2, 0.25) is 0 Å². The highest BCUT2D eigenvalue weighted by molar-refractivity contribution is 9.10. The molecular weight excluding hydrogens is 264 g/mol. The van der Waals surface area contributed by atoms with Gasteiger partial charge in [0.1, 0.15) is 0 Å². The maximum Gasteiger partial charge on any atom is 0.0481 e. The summed E-state index contributed by atoms with van der Waals surface area (Å²) in [6.45, 7) is 5.36. The van der Waals surface area contributed by atoms with Crippen molar-refractivity contribution >= 4 is 26.8 Å². The molecule has 0 saturated carbocycles. The van der Waals surface area contributed by atoms with Crippen molar-refractivity contribution in [3.63, 3.8) is 0 Å². The zero-order chi connectivity index (χ0) is 11.4. The minimum Gasteiger partial charge on any atom is -0.346 e. The number of benzene rings is 1. The molecule has 1 heterocycles. The summed E-state index contributed by atoms with van der Waals surface area (Å²) in [5, 5.41) is 4.72. The molecule has 0 atom stereocenters.